The normalized spacial score (nSPS) is 18.8. The molecule has 2 aliphatic heterocycles. The van der Waals surface area contributed by atoms with E-state index in [9.17, 15) is 18.0 Å². The fourth-order valence-electron chi connectivity index (χ4n) is 4.09. The maximum atomic E-state index is 13.0. The number of furan rings is 1. The molecule has 1 atom stereocenters. The molecule has 3 aromatic rings. The van der Waals surface area contributed by atoms with Crippen molar-refractivity contribution < 1.29 is 22.4 Å². The average Bonchev–Trinajstić information content (AvgIpc) is 3.37. The molecule has 4 heterocycles. The van der Waals surface area contributed by atoms with Gasteiger partial charge in [0.15, 0.2) is 6.17 Å². The maximum absolute atomic E-state index is 13.0. The molecule has 31 heavy (non-hydrogen) atoms. The SMILES string of the molecule is CCN1CCc2c(sc3c2C(=O)N[C@@H](c2ccc(-c4cccc(C(F)(F)F)c4)o2)N3)C1. The van der Waals surface area contributed by atoms with Crippen molar-refractivity contribution in [2.45, 2.75) is 32.2 Å². The molecule has 0 saturated heterocycles. The lowest BCUT2D eigenvalue weighted by Gasteiger charge is -2.27. The van der Waals surface area contributed by atoms with Gasteiger partial charge in [0.05, 0.1) is 11.1 Å². The van der Waals surface area contributed by atoms with Crippen LogP contribution in [0.5, 0.6) is 0 Å². The van der Waals surface area contributed by atoms with Crippen LogP contribution in [-0.4, -0.2) is 23.9 Å². The van der Waals surface area contributed by atoms with Crippen LogP contribution < -0.4 is 10.6 Å². The summed E-state index contributed by atoms with van der Waals surface area (Å²) in [4.78, 5) is 16.4. The van der Waals surface area contributed by atoms with E-state index in [4.69, 9.17) is 4.42 Å². The van der Waals surface area contributed by atoms with Gasteiger partial charge in [-0.05, 0) is 42.8 Å². The molecule has 5 rings (SSSR count). The summed E-state index contributed by atoms with van der Waals surface area (Å²) in [6.45, 7) is 4.86. The van der Waals surface area contributed by atoms with E-state index in [1.807, 2.05) is 0 Å². The van der Waals surface area contributed by atoms with Crippen LogP contribution in [0.15, 0.2) is 40.8 Å². The molecule has 1 amide bonds. The first-order chi connectivity index (χ1) is 14.8. The number of hydrogen-bond donors (Lipinski definition) is 2. The number of anilines is 1. The zero-order chi connectivity index (χ0) is 21.8. The number of hydrogen-bond acceptors (Lipinski definition) is 5. The van der Waals surface area contributed by atoms with E-state index < -0.39 is 17.9 Å². The van der Waals surface area contributed by atoms with Gasteiger partial charge in [-0.1, -0.05) is 19.1 Å². The summed E-state index contributed by atoms with van der Waals surface area (Å²) >= 11 is 1.59. The molecule has 0 aliphatic carbocycles. The number of nitrogens with one attached hydrogen (secondary N) is 2. The highest BCUT2D eigenvalue weighted by Gasteiger charge is 2.34. The zero-order valence-electron chi connectivity index (χ0n) is 16.7. The molecule has 162 valence electrons. The second-order valence-electron chi connectivity index (χ2n) is 7.66. The molecule has 0 bridgehead atoms. The second-order valence-corrected chi connectivity index (χ2v) is 8.76. The van der Waals surface area contributed by atoms with Gasteiger partial charge in [-0.15, -0.1) is 11.3 Å². The summed E-state index contributed by atoms with van der Waals surface area (Å²) in [5.74, 6) is 0.596. The van der Waals surface area contributed by atoms with Crippen LogP contribution in [0.2, 0.25) is 0 Å². The number of amides is 1. The van der Waals surface area contributed by atoms with Crippen LogP contribution in [0.25, 0.3) is 11.3 Å². The Bertz CT molecular complexity index is 1150. The van der Waals surface area contributed by atoms with E-state index in [2.05, 4.69) is 22.5 Å². The van der Waals surface area contributed by atoms with E-state index in [1.54, 1.807) is 29.5 Å². The second kappa shape index (κ2) is 7.42. The van der Waals surface area contributed by atoms with Crippen molar-refractivity contribution in [1.29, 1.82) is 0 Å². The summed E-state index contributed by atoms with van der Waals surface area (Å²) < 4.78 is 44.9. The number of benzene rings is 1. The first-order valence-corrected chi connectivity index (χ1v) is 10.9. The quantitative estimate of drug-likeness (QED) is 0.575. The van der Waals surface area contributed by atoms with Gasteiger partial charge in [0.1, 0.15) is 16.5 Å². The fraction of sp³-hybridized carbons (Fsp3) is 0.318. The Morgan fingerprint density at radius 1 is 1.23 bits per heavy atom. The predicted octanol–water partition coefficient (Wildman–Crippen LogP) is 5.26. The molecule has 0 saturated carbocycles. The molecule has 9 heteroatoms. The summed E-state index contributed by atoms with van der Waals surface area (Å²) in [5.41, 5.74) is 1.41. The third-order valence-corrected chi connectivity index (χ3v) is 6.89. The van der Waals surface area contributed by atoms with Crippen molar-refractivity contribution in [3.05, 3.63) is 63.7 Å². The van der Waals surface area contributed by atoms with Crippen LogP contribution in [0.4, 0.5) is 18.2 Å². The van der Waals surface area contributed by atoms with E-state index in [1.165, 1.54) is 10.9 Å². The lowest BCUT2D eigenvalue weighted by molar-refractivity contribution is -0.137. The van der Waals surface area contributed by atoms with E-state index >= 15 is 0 Å². The van der Waals surface area contributed by atoms with Gasteiger partial charge in [0.25, 0.3) is 5.91 Å². The topological polar surface area (TPSA) is 57.5 Å². The first-order valence-electron chi connectivity index (χ1n) is 10.0. The smallest absolute Gasteiger partial charge is 0.416 e. The fourth-order valence-corrected chi connectivity index (χ4v) is 5.41. The number of rotatable bonds is 3. The molecule has 5 nitrogen and oxygen atoms in total. The van der Waals surface area contributed by atoms with Crippen molar-refractivity contribution in [2.24, 2.45) is 0 Å². The summed E-state index contributed by atoms with van der Waals surface area (Å²) in [5, 5.41) is 7.06. The van der Waals surface area contributed by atoms with Crippen LogP contribution >= 0.6 is 11.3 Å². The number of carbonyl (C=O) groups is 1. The van der Waals surface area contributed by atoms with Gasteiger partial charge in [0, 0.05) is 23.5 Å². The number of alkyl halides is 3. The minimum Gasteiger partial charge on any atom is -0.457 e. The number of halogens is 3. The molecule has 0 unspecified atom stereocenters. The molecule has 2 N–H and O–H groups in total. The van der Waals surface area contributed by atoms with Crippen LogP contribution in [0.1, 0.15) is 45.2 Å². The van der Waals surface area contributed by atoms with Crippen LogP contribution in [0.3, 0.4) is 0 Å². The minimum absolute atomic E-state index is 0.154. The number of carbonyl (C=O) groups excluding carboxylic acids is 1. The molecule has 2 aromatic heterocycles. The Balaban J connectivity index is 1.41. The van der Waals surface area contributed by atoms with Gasteiger partial charge in [-0.3, -0.25) is 9.69 Å². The van der Waals surface area contributed by atoms with Gasteiger partial charge in [-0.2, -0.15) is 13.2 Å². The highest BCUT2D eigenvalue weighted by atomic mass is 32.1. The molecule has 0 spiro atoms. The van der Waals surface area contributed by atoms with Crippen molar-refractivity contribution in [3.8, 4) is 11.3 Å². The monoisotopic (exact) mass is 447 g/mol. The molecular weight excluding hydrogens is 427 g/mol. The third kappa shape index (κ3) is 3.61. The maximum Gasteiger partial charge on any atom is 0.416 e. The van der Waals surface area contributed by atoms with Gasteiger partial charge >= 0.3 is 6.18 Å². The Morgan fingerprint density at radius 2 is 2.06 bits per heavy atom. The van der Waals surface area contributed by atoms with Crippen molar-refractivity contribution in [2.75, 3.05) is 18.4 Å². The molecule has 1 aromatic carbocycles. The van der Waals surface area contributed by atoms with Crippen molar-refractivity contribution >= 4 is 22.2 Å². The molecule has 2 aliphatic rings. The van der Waals surface area contributed by atoms with Crippen LogP contribution in [0, 0.1) is 0 Å². The molecule has 0 fully saturated rings. The Kier molecular flexibility index (Phi) is 4.82. The van der Waals surface area contributed by atoms with E-state index in [0.717, 1.165) is 48.8 Å². The minimum atomic E-state index is -4.42. The van der Waals surface area contributed by atoms with Gasteiger partial charge in [0.2, 0.25) is 0 Å². The summed E-state index contributed by atoms with van der Waals surface area (Å²) in [6.07, 6.45) is -4.16. The zero-order valence-corrected chi connectivity index (χ0v) is 17.5. The third-order valence-electron chi connectivity index (χ3n) is 5.75. The lowest BCUT2D eigenvalue weighted by atomic mass is 10.0. The first kappa shape index (κ1) is 20.1. The number of nitrogens with zero attached hydrogens (tertiary/aromatic N) is 1. The largest absolute Gasteiger partial charge is 0.457 e. The molecular formula is C22H20F3N3O2S. The number of fused-ring (bicyclic) bond motifs is 3. The number of thiophene rings is 1. The standard InChI is InChI=1S/C22H20F3N3O2S/c1-2-28-9-8-14-17(11-28)31-21-18(14)20(29)26-19(27-21)16-7-6-15(30-16)12-4-3-5-13(10-12)22(23,24)25/h3-7,10,19,27H,2,8-9,11H2,1H3,(H,26,29)/t19-/m1/s1. The highest BCUT2D eigenvalue weighted by Crippen LogP contribution is 2.41. The Labute approximate surface area is 180 Å². The Hall–Kier alpha value is -2.78. The average molecular weight is 447 g/mol. The summed E-state index contributed by atoms with van der Waals surface area (Å²) in [7, 11) is 0. The van der Waals surface area contributed by atoms with Crippen molar-refractivity contribution in [3.63, 3.8) is 0 Å². The molecule has 0 radical (unpaired) electrons. The van der Waals surface area contributed by atoms with Crippen molar-refractivity contribution in [1.82, 2.24) is 10.2 Å². The Morgan fingerprint density at radius 3 is 2.84 bits per heavy atom. The van der Waals surface area contributed by atoms with Gasteiger partial charge in [-0.25, -0.2) is 0 Å². The van der Waals surface area contributed by atoms with E-state index in [-0.39, 0.29) is 5.91 Å². The van der Waals surface area contributed by atoms with Crippen LogP contribution in [-0.2, 0) is 19.1 Å². The van der Waals surface area contributed by atoms with Gasteiger partial charge < -0.3 is 15.1 Å². The predicted molar refractivity (Wildman–Crippen MR) is 112 cm³/mol. The highest BCUT2D eigenvalue weighted by molar-refractivity contribution is 7.16. The summed E-state index contributed by atoms with van der Waals surface area (Å²) in [6, 6.07) is 8.28. The van der Waals surface area contributed by atoms with E-state index in [0.29, 0.717) is 22.6 Å². The number of likely N-dealkylation sites (N-methyl/N-ethyl adjacent to an activating group) is 1. The lowest BCUT2D eigenvalue weighted by Crippen LogP contribution is -2.38.